The Morgan fingerprint density at radius 2 is 1.60 bits per heavy atom. The SMILES string of the molecule is O=C1CCC(Nc2ccc(N3CCN([C@H]4CC[C@H](C(=O)N[C@H]5CC[C@H](Nc6ncc(F)c(-c7cccc(N8CCOCC8=O)c7)n6)CC5)CC4)CC3)c(F)c2)C(=O)N1. The first kappa shape index (κ1) is 39.6. The number of benzene rings is 2. The van der Waals surface area contributed by atoms with Gasteiger partial charge in [-0.3, -0.25) is 29.4 Å². The van der Waals surface area contributed by atoms with Gasteiger partial charge in [0.05, 0.1) is 18.5 Å². The van der Waals surface area contributed by atoms with E-state index in [0.717, 1.165) is 64.5 Å². The standard InChI is InChI=1S/C42H51F2N9O5/c43-33-23-30(46-35-13-15-37(54)49-41(35)57)10-14-36(33)52-18-16-51(17-19-52)31-11-4-26(5-12-31)40(56)47-28-6-8-29(9-7-28)48-42-45-24-34(44)39(50-42)27-2-1-3-32(22-27)53-20-21-58-25-38(53)55/h1-3,10,14,22-24,26,28-29,31,35,46H,4-9,11-13,15-21,25H2,(H,47,56)(H,45,48,50)(H,49,54,57)/t26-,28-,29-,31-,35?. The third kappa shape index (κ3) is 9.23. The molecule has 1 aromatic heterocycles. The van der Waals surface area contributed by atoms with Gasteiger partial charge >= 0.3 is 0 Å². The van der Waals surface area contributed by atoms with Crippen molar-refractivity contribution in [2.75, 3.05) is 66.4 Å². The highest BCUT2D eigenvalue weighted by Crippen LogP contribution is 2.32. The van der Waals surface area contributed by atoms with Crippen molar-refractivity contribution in [2.24, 2.45) is 5.92 Å². The Morgan fingerprint density at radius 1 is 0.828 bits per heavy atom. The molecular formula is C42H51F2N9O5. The molecule has 4 N–H and O–H groups in total. The molecule has 2 aromatic carbocycles. The maximum Gasteiger partial charge on any atom is 0.253 e. The Hall–Kier alpha value is -5.22. The normalized spacial score (nSPS) is 25.9. The number of hydrogen-bond donors (Lipinski definition) is 4. The number of rotatable bonds is 10. The van der Waals surface area contributed by atoms with E-state index < -0.39 is 11.9 Å². The van der Waals surface area contributed by atoms with Gasteiger partial charge in [0.25, 0.3) is 5.91 Å². The predicted molar refractivity (Wildman–Crippen MR) is 214 cm³/mol. The molecule has 58 heavy (non-hydrogen) atoms. The summed E-state index contributed by atoms with van der Waals surface area (Å²) in [6.45, 7) is 3.96. The van der Waals surface area contributed by atoms with Crippen LogP contribution >= 0.6 is 0 Å². The highest BCUT2D eigenvalue weighted by atomic mass is 19.1. The number of piperazine rings is 1. The van der Waals surface area contributed by atoms with Gasteiger partial charge < -0.3 is 30.5 Å². The van der Waals surface area contributed by atoms with E-state index in [0.29, 0.717) is 67.3 Å². The maximum atomic E-state index is 15.2. The van der Waals surface area contributed by atoms with Gasteiger partial charge in [0.1, 0.15) is 24.2 Å². The van der Waals surface area contributed by atoms with Crippen molar-refractivity contribution in [2.45, 2.75) is 88.4 Å². The number of imide groups is 1. The van der Waals surface area contributed by atoms with E-state index in [4.69, 9.17) is 4.74 Å². The van der Waals surface area contributed by atoms with E-state index in [1.807, 2.05) is 6.07 Å². The Kier molecular flexibility index (Phi) is 12.1. The number of nitrogens with one attached hydrogen (secondary N) is 4. The molecule has 0 bridgehead atoms. The van der Waals surface area contributed by atoms with E-state index in [9.17, 15) is 23.6 Å². The lowest BCUT2D eigenvalue weighted by Gasteiger charge is -2.42. The van der Waals surface area contributed by atoms with Gasteiger partial charge in [-0.2, -0.15) is 0 Å². The molecule has 3 aliphatic heterocycles. The number of hydrogen-bond acceptors (Lipinski definition) is 11. The van der Waals surface area contributed by atoms with E-state index in [1.54, 1.807) is 35.2 Å². The number of piperidine rings is 1. The van der Waals surface area contributed by atoms with Crippen molar-refractivity contribution < 1.29 is 32.7 Å². The number of carbonyl (C=O) groups excluding carboxylic acids is 4. The fourth-order valence-electron chi connectivity index (χ4n) is 9.05. The average Bonchev–Trinajstić information content (AvgIpc) is 3.24. The largest absolute Gasteiger partial charge is 0.374 e. The minimum absolute atomic E-state index is 0.000636. The zero-order valence-corrected chi connectivity index (χ0v) is 32.6. The molecule has 5 fully saturated rings. The van der Waals surface area contributed by atoms with Gasteiger partial charge in [-0.25, -0.2) is 18.7 Å². The molecule has 3 saturated heterocycles. The summed E-state index contributed by atoms with van der Waals surface area (Å²) in [6.07, 6.45) is 8.71. The number of amides is 4. The summed E-state index contributed by atoms with van der Waals surface area (Å²) in [4.78, 5) is 64.2. The molecule has 14 nitrogen and oxygen atoms in total. The molecule has 2 aliphatic carbocycles. The number of nitrogens with zero attached hydrogens (tertiary/aromatic N) is 5. The quantitative estimate of drug-likeness (QED) is 0.218. The number of aromatic nitrogens is 2. The van der Waals surface area contributed by atoms with Gasteiger partial charge in [-0.15, -0.1) is 0 Å². The fraction of sp³-hybridized carbons (Fsp3) is 0.524. The van der Waals surface area contributed by atoms with Crippen LogP contribution in [0.5, 0.6) is 0 Å². The molecule has 16 heteroatoms. The fourth-order valence-corrected chi connectivity index (χ4v) is 9.05. The lowest BCUT2D eigenvalue weighted by atomic mass is 9.83. The third-order valence-corrected chi connectivity index (χ3v) is 12.3. The van der Waals surface area contributed by atoms with E-state index in [1.165, 1.54) is 12.3 Å². The molecule has 8 rings (SSSR count). The van der Waals surface area contributed by atoms with Crippen molar-refractivity contribution in [3.63, 3.8) is 0 Å². The molecule has 2 saturated carbocycles. The number of anilines is 4. The summed E-state index contributed by atoms with van der Waals surface area (Å²) in [5, 5.41) is 12.1. The summed E-state index contributed by atoms with van der Waals surface area (Å²) in [5.74, 6) is -1.22. The zero-order chi connectivity index (χ0) is 40.2. The van der Waals surface area contributed by atoms with Gasteiger partial charge in [0, 0.05) is 80.1 Å². The van der Waals surface area contributed by atoms with Crippen molar-refractivity contribution in [3.8, 4) is 11.3 Å². The first-order chi connectivity index (χ1) is 28.2. The van der Waals surface area contributed by atoms with E-state index in [2.05, 4.69) is 41.0 Å². The molecule has 3 aromatic rings. The number of carbonyl (C=O) groups is 4. The van der Waals surface area contributed by atoms with Crippen molar-refractivity contribution in [1.29, 1.82) is 0 Å². The first-order valence-electron chi connectivity index (χ1n) is 20.6. The second-order valence-electron chi connectivity index (χ2n) is 16.1. The predicted octanol–water partition coefficient (Wildman–Crippen LogP) is 4.22. The highest BCUT2D eigenvalue weighted by molar-refractivity contribution is 6.01. The summed E-state index contributed by atoms with van der Waals surface area (Å²) >= 11 is 0. The molecule has 308 valence electrons. The van der Waals surface area contributed by atoms with Gasteiger partial charge in [0.15, 0.2) is 5.82 Å². The number of halogens is 2. The molecule has 5 aliphatic rings. The van der Waals surface area contributed by atoms with Crippen LogP contribution in [0.2, 0.25) is 0 Å². The van der Waals surface area contributed by atoms with Crippen LogP contribution in [-0.4, -0.2) is 109 Å². The Labute approximate surface area is 336 Å². The van der Waals surface area contributed by atoms with E-state index >= 15 is 4.39 Å². The van der Waals surface area contributed by atoms with Crippen LogP contribution in [0.4, 0.5) is 31.8 Å². The lowest BCUT2D eigenvalue weighted by Crippen LogP contribution is -2.52. The van der Waals surface area contributed by atoms with Crippen LogP contribution in [0.1, 0.15) is 64.2 Å². The van der Waals surface area contributed by atoms with Gasteiger partial charge in [-0.05, 0) is 88.1 Å². The van der Waals surface area contributed by atoms with Crippen molar-refractivity contribution in [1.82, 2.24) is 25.5 Å². The van der Waals surface area contributed by atoms with Gasteiger partial charge in [0.2, 0.25) is 23.7 Å². The summed E-state index contributed by atoms with van der Waals surface area (Å²) < 4.78 is 35.4. The van der Waals surface area contributed by atoms with Crippen LogP contribution in [0.3, 0.4) is 0 Å². The van der Waals surface area contributed by atoms with Crippen LogP contribution in [0, 0.1) is 17.6 Å². The molecule has 4 heterocycles. The van der Waals surface area contributed by atoms with Crippen LogP contribution < -0.4 is 31.1 Å². The van der Waals surface area contributed by atoms with Crippen molar-refractivity contribution in [3.05, 3.63) is 60.3 Å². The van der Waals surface area contributed by atoms with Crippen molar-refractivity contribution >= 4 is 46.6 Å². The molecule has 1 unspecified atom stereocenters. The van der Waals surface area contributed by atoms with Crippen LogP contribution in [0.25, 0.3) is 11.3 Å². The maximum absolute atomic E-state index is 15.2. The molecule has 0 spiro atoms. The average molecular weight is 800 g/mol. The first-order valence-corrected chi connectivity index (χ1v) is 20.6. The van der Waals surface area contributed by atoms with Gasteiger partial charge in [-0.1, -0.05) is 12.1 Å². The summed E-state index contributed by atoms with van der Waals surface area (Å²) in [7, 11) is 0. The minimum atomic E-state index is -0.564. The molecule has 4 amide bonds. The second kappa shape index (κ2) is 17.7. The van der Waals surface area contributed by atoms with Crippen LogP contribution in [-0.2, 0) is 23.9 Å². The smallest absolute Gasteiger partial charge is 0.253 e. The van der Waals surface area contributed by atoms with E-state index in [-0.39, 0.29) is 66.2 Å². The molecule has 0 radical (unpaired) electrons. The number of ether oxygens (including phenoxy) is 1. The third-order valence-electron chi connectivity index (χ3n) is 12.3. The summed E-state index contributed by atoms with van der Waals surface area (Å²) in [6, 6.07) is 12.1. The number of morpholine rings is 1. The zero-order valence-electron chi connectivity index (χ0n) is 32.6. The highest BCUT2D eigenvalue weighted by Gasteiger charge is 2.33. The Morgan fingerprint density at radius 3 is 2.34 bits per heavy atom. The lowest BCUT2D eigenvalue weighted by molar-refractivity contribution is -0.133. The summed E-state index contributed by atoms with van der Waals surface area (Å²) in [5.41, 5.74) is 2.44. The molecule has 1 atom stereocenters. The topological polar surface area (TPSA) is 161 Å². The molecular weight excluding hydrogens is 749 g/mol. The van der Waals surface area contributed by atoms with Crippen LogP contribution in [0.15, 0.2) is 48.7 Å². The minimum Gasteiger partial charge on any atom is -0.374 e. The Balaban J connectivity index is 0.754. The second-order valence-corrected chi connectivity index (χ2v) is 16.1. The monoisotopic (exact) mass is 799 g/mol. The Bertz CT molecular complexity index is 2000.